The second-order valence-electron chi connectivity index (χ2n) is 6.43. The van der Waals surface area contributed by atoms with E-state index in [0.29, 0.717) is 0 Å². The molecular formula is C13H18F4N2O4. The van der Waals surface area contributed by atoms with Gasteiger partial charge in [0.05, 0.1) is 0 Å². The van der Waals surface area contributed by atoms with Crippen molar-refractivity contribution in [3.8, 4) is 0 Å². The summed E-state index contributed by atoms with van der Waals surface area (Å²) < 4.78 is 56.3. The highest BCUT2D eigenvalue weighted by Crippen LogP contribution is 2.47. The van der Waals surface area contributed by atoms with Crippen molar-refractivity contribution >= 4 is 0 Å². The van der Waals surface area contributed by atoms with Crippen molar-refractivity contribution < 1.29 is 27.4 Å². The molecule has 6 unspecified atom stereocenters. The molecule has 6 atom stereocenters. The second kappa shape index (κ2) is 6.56. The van der Waals surface area contributed by atoms with Crippen LogP contribution in [0.15, 0.2) is 0 Å². The fourth-order valence-corrected chi connectivity index (χ4v) is 3.69. The standard InChI is InChI=1S/C13H18F4N2O4/c14-9-3-1-7(5-11(9)18(20)21)13(16,17)8-2-4-10(15)12(6-8)19(22)23/h7-12H,1-6H2. The average molecular weight is 342 g/mol. The molecule has 2 rings (SSSR count). The molecule has 2 saturated carbocycles. The number of halogens is 4. The van der Waals surface area contributed by atoms with Gasteiger partial charge in [0.2, 0.25) is 12.1 Å². The van der Waals surface area contributed by atoms with Crippen molar-refractivity contribution in [2.24, 2.45) is 11.8 Å². The first-order valence-electron chi connectivity index (χ1n) is 7.57. The van der Waals surface area contributed by atoms with Gasteiger partial charge >= 0.3 is 0 Å². The SMILES string of the molecule is O=[N+]([O-])C1CC(C(F)(F)C2CCC(F)C([N+](=O)[O-])C2)CCC1F. The molecule has 10 heteroatoms. The van der Waals surface area contributed by atoms with Crippen LogP contribution in [-0.4, -0.2) is 40.2 Å². The highest BCUT2D eigenvalue weighted by molar-refractivity contribution is 4.94. The Morgan fingerprint density at radius 2 is 1.13 bits per heavy atom. The smallest absolute Gasteiger partial charge is 0.254 e. The van der Waals surface area contributed by atoms with Crippen LogP contribution < -0.4 is 0 Å². The summed E-state index contributed by atoms with van der Waals surface area (Å²) in [4.78, 5) is 19.8. The minimum Gasteiger partial charge on any atom is -0.264 e. The summed E-state index contributed by atoms with van der Waals surface area (Å²) in [6.45, 7) is 0. The molecule has 0 aromatic rings. The van der Waals surface area contributed by atoms with Crippen LogP contribution >= 0.6 is 0 Å². The van der Waals surface area contributed by atoms with E-state index in [-0.39, 0.29) is 25.7 Å². The number of alkyl halides is 4. The van der Waals surface area contributed by atoms with Crippen molar-refractivity contribution in [2.75, 3.05) is 0 Å². The third kappa shape index (κ3) is 3.55. The normalized spacial score (nSPS) is 39.0. The number of hydrogen-bond acceptors (Lipinski definition) is 4. The van der Waals surface area contributed by atoms with E-state index >= 15 is 0 Å². The Kier molecular flexibility index (Phi) is 5.10. The Labute approximate surface area is 129 Å². The Balaban J connectivity index is 2.11. The third-order valence-electron chi connectivity index (χ3n) is 5.10. The number of hydrogen-bond donors (Lipinski definition) is 0. The van der Waals surface area contributed by atoms with Gasteiger partial charge in [-0.25, -0.2) is 17.6 Å². The molecule has 0 aromatic heterocycles. The molecule has 2 aliphatic carbocycles. The maximum absolute atomic E-state index is 14.6. The van der Waals surface area contributed by atoms with Crippen LogP contribution in [0.1, 0.15) is 38.5 Å². The molecule has 6 nitrogen and oxygen atoms in total. The summed E-state index contributed by atoms with van der Waals surface area (Å²) in [6, 6.07) is -3.35. The molecular weight excluding hydrogens is 324 g/mol. The first-order valence-corrected chi connectivity index (χ1v) is 7.57. The molecule has 0 radical (unpaired) electrons. The van der Waals surface area contributed by atoms with E-state index in [1.807, 2.05) is 0 Å². The van der Waals surface area contributed by atoms with Crippen molar-refractivity contribution in [1.29, 1.82) is 0 Å². The number of nitro groups is 2. The Morgan fingerprint density at radius 1 is 0.783 bits per heavy atom. The van der Waals surface area contributed by atoms with E-state index in [2.05, 4.69) is 0 Å². The maximum Gasteiger partial charge on any atom is 0.254 e. The summed E-state index contributed by atoms with van der Waals surface area (Å²) in [6.07, 6.45) is -5.80. The van der Waals surface area contributed by atoms with Gasteiger partial charge in [-0.3, -0.25) is 20.2 Å². The van der Waals surface area contributed by atoms with E-state index in [4.69, 9.17) is 0 Å². The minimum atomic E-state index is -3.40. The van der Waals surface area contributed by atoms with Gasteiger partial charge in [0.1, 0.15) is 0 Å². The Hall–Kier alpha value is -1.48. The Morgan fingerprint density at radius 3 is 1.43 bits per heavy atom. The van der Waals surface area contributed by atoms with Crippen LogP contribution in [0.3, 0.4) is 0 Å². The Bertz CT molecular complexity index is 439. The molecule has 0 bridgehead atoms. The van der Waals surface area contributed by atoms with Gasteiger partial charge in [-0.2, -0.15) is 0 Å². The maximum atomic E-state index is 14.6. The monoisotopic (exact) mass is 342 g/mol. The lowest BCUT2D eigenvalue weighted by Crippen LogP contribution is -2.49. The van der Waals surface area contributed by atoms with E-state index in [1.165, 1.54) is 0 Å². The summed E-state index contributed by atoms with van der Waals surface area (Å²) >= 11 is 0. The molecule has 0 aliphatic heterocycles. The van der Waals surface area contributed by atoms with Crippen molar-refractivity contribution in [3.63, 3.8) is 0 Å². The van der Waals surface area contributed by atoms with E-state index in [9.17, 15) is 37.8 Å². The van der Waals surface area contributed by atoms with Gasteiger partial charge in [0.15, 0.2) is 12.3 Å². The van der Waals surface area contributed by atoms with Gasteiger partial charge < -0.3 is 0 Å². The van der Waals surface area contributed by atoms with E-state index < -0.39 is 64.9 Å². The minimum absolute atomic E-state index is 0.211. The molecule has 132 valence electrons. The van der Waals surface area contributed by atoms with Gasteiger partial charge in [-0.15, -0.1) is 0 Å². The summed E-state index contributed by atoms with van der Waals surface area (Å²) in [5.41, 5.74) is 0. The number of nitrogens with zero attached hydrogens (tertiary/aromatic N) is 2. The fraction of sp³-hybridized carbons (Fsp3) is 1.00. The van der Waals surface area contributed by atoms with Crippen molar-refractivity contribution in [2.45, 2.75) is 68.9 Å². The highest BCUT2D eigenvalue weighted by atomic mass is 19.3. The predicted molar refractivity (Wildman–Crippen MR) is 71.0 cm³/mol. The van der Waals surface area contributed by atoms with Crippen LogP contribution in [0.2, 0.25) is 0 Å². The van der Waals surface area contributed by atoms with Crippen molar-refractivity contribution in [1.82, 2.24) is 0 Å². The highest BCUT2D eigenvalue weighted by Gasteiger charge is 2.55. The fourth-order valence-electron chi connectivity index (χ4n) is 3.69. The van der Waals surface area contributed by atoms with Crippen LogP contribution in [0.4, 0.5) is 17.6 Å². The summed E-state index contributed by atoms with van der Waals surface area (Å²) in [7, 11) is 0. The predicted octanol–water partition coefficient (Wildman–Crippen LogP) is 3.19. The molecule has 0 aromatic carbocycles. The van der Waals surface area contributed by atoms with Crippen LogP contribution in [0.5, 0.6) is 0 Å². The molecule has 2 aliphatic rings. The topological polar surface area (TPSA) is 86.3 Å². The average Bonchev–Trinajstić information content (AvgIpc) is 2.47. The zero-order valence-electron chi connectivity index (χ0n) is 12.2. The summed E-state index contributed by atoms with van der Waals surface area (Å²) in [5.74, 6) is -6.21. The van der Waals surface area contributed by atoms with Gasteiger partial charge in [0.25, 0.3) is 5.92 Å². The first-order chi connectivity index (χ1) is 10.6. The molecule has 0 N–H and O–H groups in total. The second-order valence-corrected chi connectivity index (χ2v) is 6.43. The zero-order chi connectivity index (χ0) is 17.4. The molecule has 2 fully saturated rings. The van der Waals surface area contributed by atoms with Gasteiger partial charge in [-0.05, 0) is 25.7 Å². The van der Waals surface area contributed by atoms with Gasteiger partial charge in [-0.1, -0.05) is 0 Å². The lowest BCUT2D eigenvalue weighted by Gasteiger charge is -2.39. The lowest BCUT2D eigenvalue weighted by atomic mass is 9.72. The molecule has 23 heavy (non-hydrogen) atoms. The molecule has 0 heterocycles. The molecule has 0 spiro atoms. The van der Waals surface area contributed by atoms with Gasteiger partial charge in [0, 0.05) is 34.5 Å². The quantitative estimate of drug-likeness (QED) is 0.446. The van der Waals surface area contributed by atoms with Crippen LogP contribution in [0.25, 0.3) is 0 Å². The van der Waals surface area contributed by atoms with Crippen LogP contribution in [0, 0.1) is 32.1 Å². The first kappa shape index (κ1) is 17.9. The van der Waals surface area contributed by atoms with E-state index in [1.54, 1.807) is 0 Å². The zero-order valence-corrected chi connectivity index (χ0v) is 12.2. The largest absolute Gasteiger partial charge is 0.264 e. The van der Waals surface area contributed by atoms with Crippen molar-refractivity contribution in [3.05, 3.63) is 20.2 Å². The molecule has 0 saturated heterocycles. The lowest BCUT2D eigenvalue weighted by molar-refractivity contribution is -0.540. The molecule has 0 amide bonds. The number of rotatable bonds is 4. The summed E-state index contributed by atoms with van der Waals surface area (Å²) in [5, 5.41) is 21.6. The van der Waals surface area contributed by atoms with E-state index in [0.717, 1.165) is 0 Å². The third-order valence-corrected chi connectivity index (χ3v) is 5.10. The van der Waals surface area contributed by atoms with Crippen LogP contribution in [-0.2, 0) is 0 Å².